The molecule has 6 aromatic rings. The van der Waals surface area contributed by atoms with E-state index in [0.717, 1.165) is 51.9 Å². The Bertz CT molecular complexity index is 1880. The molecule has 0 spiro atoms. The summed E-state index contributed by atoms with van der Waals surface area (Å²) >= 11 is 0. The lowest BCUT2D eigenvalue weighted by Gasteiger charge is -2.28. The second-order valence-electron chi connectivity index (χ2n) is 12.8. The largest absolute Gasteiger partial charge is 0.413 e. The molecule has 47 heavy (non-hydrogen) atoms. The quantitative estimate of drug-likeness (QED) is 0.140. The summed E-state index contributed by atoms with van der Waals surface area (Å²) in [4.78, 5) is 4.68. The van der Waals surface area contributed by atoms with Crippen molar-refractivity contribution in [2.45, 2.75) is 40.8 Å². The van der Waals surface area contributed by atoms with Crippen LogP contribution in [0.4, 0.5) is 34.1 Å². The van der Waals surface area contributed by atoms with Crippen molar-refractivity contribution < 1.29 is 4.43 Å². The van der Waals surface area contributed by atoms with Crippen molar-refractivity contribution in [2.24, 2.45) is 0 Å². The van der Waals surface area contributed by atoms with Gasteiger partial charge >= 0.3 is 0 Å². The fourth-order valence-corrected chi connectivity index (χ4v) is 7.94. The zero-order chi connectivity index (χ0) is 33.0. The molecule has 4 heteroatoms. The van der Waals surface area contributed by atoms with Crippen LogP contribution in [0.15, 0.2) is 146 Å². The molecule has 0 bridgehead atoms. The molecule has 0 aromatic heterocycles. The number of nitrogens with zero attached hydrogens (tertiary/aromatic N) is 2. The first-order valence-electron chi connectivity index (χ1n) is 16.5. The minimum Gasteiger partial charge on any atom is -0.413 e. The predicted molar refractivity (Wildman–Crippen MR) is 204 cm³/mol. The van der Waals surface area contributed by atoms with Crippen molar-refractivity contribution in [1.82, 2.24) is 0 Å². The van der Waals surface area contributed by atoms with E-state index >= 15 is 0 Å². The van der Waals surface area contributed by atoms with Crippen LogP contribution in [-0.4, -0.2) is 14.9 Å². The van der Waals surface area contributed by atoms with Crippen molar-refractivity contribution >= 4 is 47.6 Å². The van der Waals surface area contributed by atoms with Gasteiger partial charge < -0.3 is 14.2 Å². The SMILES string of the molecule is CCO[Si](C)(C)c1ccc(N(c2ccc(C)cc2)c2cccc(-c3cccc(N(c4ccc(C)cc4)c4ccc(C)cc4)c3)c2)cc1. The number of rotatable bonds is 10. The van der Waals surface area contributed by atoms with Gasteiger partial charge in [-0.2, -0.15) is 0 Å². The third-order valence-corrected chi connectivity index (χ3v) is 11.5. The van der Waals surface area contributed by atoms with E-state index in [1.807, 2.05) is 0 Å². The summed E-state index contributed by atoms with van der Waals surface area (Å²) in [6.07, 6.45) is 0. The first kappa shape index (κ1) is 32.1. The van der Waals surface area contributed by atoms with Crippen molar-refractivity contribution in [3.63, 3.8) is 0 Å². The van der Waals surface area contributed by atoms with Gasteiger partial charge in [0.05, 0.1) is 0 Å². The molecule has 6 rings (SSSR count). The molecule has 0 aliphatic rings. The molecule has 0 atom stereocenters. The molecule has 0 aliphatic heterocycles. The van der Waals surface area contributed by atoms with Crippen molar-refractivity contribution in [2.75, 3.05) is 16.4 Å². The van der Waals surface area contributed by atoms with Gasteiger partial charge in [0.1, 0.15) is 0 Å². The number of aryl methyl sites for hydroxylation is 3. The minimum atomic E-state index is -1.95. The summed E-state index contributed by atoms with van der Waals surface area (Å²) in [5, 5.41) is 1.30. The second-order valence-corrected chi connectivity index (χ2v) is 16.7. The second kappa shape index (κ2) is 13.8. The summed E-state index contributed by atoms with van der Waals surface area (Å²) in [6, 6.07) is 53.0. The van der Waals surface area contributed by atoms with Crippen LogP contribution < -0.4 is 15.0 Å². The van der Waals surface area contributed by atoms with E-state index in [9.17, 15) is 0 Å². The molecule has 6 aromatic carbocycles. The van der Waals surface area contributed by atoms with E-state index in [1.54, 1.807) is 0 Å². The maximum absolute atomic E-state index is 6.18. The first-order chi connectivity index (χ1) is 22.7. The summed E-state index contributed by atoms with van der Waals surface area (Å²) in [5.41, 5.74) is 12.8. The maximum atomic E-state index is 6.18. The van der Waals surface area contributed by atoms with Crippen LogP contribution in [0.2, 0.25) is 13.1 Å². The Balaban J connectivity index is 1.41. The molecule has 236 valence electrons. The van der Waals surface area contributed by atoms with E-state index in [0.29, 0.717) is 0 Å². The first-order valence-corrected chi connectivity index (χ1v) is 19.4. The molecule has 0 unspecified atom stereocenters. The van der Waals surface area contributed by atoms with Crippen LogP contribution in [0.3, 0.4) is 0 Å². The fraction of sp³-hybridized carbons (Fsp3) is 0.163. The van der Waals surface area contributed by atoms with Crippen LogP contribution in [-0.2, 0) is 4.43 Å². The molecule has 0 fully saturated rings. The fourth-order valence-electron chi connectivity index (χ4n) is 6.08. The Hall–Kier alpha value is -4.90. The number of anilines is 6. The van der Waals surface area contributed by atoms with E-state index in [4.69, 9.17) is 4.43 Å². The average molecular weight is 633 g/mol. The Labute approximate surface area is 281 Å². The van der Waals surface area contributed by atoms with Gasteiger partial charge in [0, 0.05) is 40.7 Å². The topological polar surface area (TPSA) is 15.7 Å². The van der Waals surface area contributed by atoms with Gasteiger partial charge in [0.25, 0.3) is 0 Å². The van der Waals surface area contributed by atoms with Gasteiger partial charge in [-0.3, -0.25) is 0 Å². The Morgan fingerprint density at radius 3 is 1.13 bits per heavy atom. The zero-order valence-electron chi connectivity index (χ0n) is 28.4. The molecule has 0 radical (unpaired) electrons. The lowest BCUT2D eigenvalue weighted by atomic mass is 10.0. The summed E-state index contributed by atoms with van der Waals surface area (Å²) in [5.74, 6) is 0. The number of benzene rings is 6. The maximum Gasteiger partial charge on any atom is 0.218 e. The van der Waals surface area contributed by atoms with E-state index in [2.05, 4.69) is 196 Å². The monoisotopic (exact) mass is 632 g/mol. The lowest BCUT2D eigenvalue weighted by molar-refractivity contribution is 0.339. The highest BCUT2D eigenvalue weighted by molar-refractivity contribution is 6.84. The van der Waals surface area contributed by atoms with E-state index in [1.165, 1.54) is 21.9 Å². The molecule has 0 amide bonds. The summed E-state index contributed by atoms with van der Waals surface area (Å²) < 4.78 is 6.18. The minimum absolute atomic E-state index is 0.734. The molecule has 3 nitrogen and oxygen atoms in total. The Kier molecular flexibility index (Phi) is 9.44. The van der Waals surface area contributed by atoms with Crippen molar-refractivity contribution in [1.29, 1.82) is 0 Å². The van der Waals surface area contributed by atoms with Gasteiger partial charge in [0.2, 0.25) is 8.32 Å². The number of hydrogen-bond donors (Lipinski definition) is 0. The van der Waals surface area contributed by atoms with Crippen LogP contribution >= 0.6 is 0 Å². The molecular weight excluding hydrogens is 589 g/mol. The van der Waals surface area contributed by atoms with Gasteiger partial charge in [-0.1, -0.05) is 89.5 Å². The number of hydrogen-bond acceptors (Lipinski definition) is 3. The third-order valence-electron chi connectivity index (χ3n) is 8.74. The normalized spacial score (nSPS) is 11.4. The molecule has 0 saturated heterocycles. The Morgan fingerprint density at radius 1 is 0.447 bits per heavy atom. The molecule has 0 N–H and O–H groups in total. The highest BCUT2D eigenvalue weighted by atomic mass is 28.4. The van der Waals surface area contributed by atoms with Gasteiger partial charge in [-0.15, -0.1) is 0 Å². The zero-order valence-corrected chi connectivity index (χ0v) is 29.4. The highest BCUT2D eigenvalue weighted by Gasteiger charge is 2.25. The van der Waals surface area contributed by atoms with E-state index < -0.39 is 8.32 Å². The molecule has 0 aliphatic carbocycles. The predicted octanol–water partition coefficient (Wildman–Crippen LogP) is 11.7. The van der Waals surface area contributed by atoms with Gasteiger partial charge in [-0.25, -0.2) is 0 Å². The molecule has 0 saturated carbocycles. The smallest absolute Gasteiger partial charge is 0.218 e. The van der Waals surface area contributed by atoms with Crippen molar-refractivity contribution in [3.05, 3.63) is 162 Å². The summed E-state index contributed by atoms with van der Waals surface area (Å²) in [7, 11) is -1.95. The van der Waals surface area contributed by atoms with Crippen LogP contribution in [0.1, 0.15) is 23.6 Å². The lowest BCUT2D eigenvalue weighted by Crippen LogP contribution is -2.44. The standard InChI is InChI=1S/C43H44N2OSi/c1-7-46-47(5,6)43-28-26-40(27-29-43)45(39-24-18-34(4)19-25-39)42-13-9-11-36(31-42)35-10-8-12-41(30-35)44(37-20-14-32(2)15-21-37)38-22-16-33(3)17-23-38/h8-31H,7H2,1-6H3. The molecular formula is C43H44N2OSi. The Morgan fingerprint density at radius 2 is 0.787 bits per heavy atom. The van der Waals surface area contributed by atoms with Crippen LogP contribution in [0.25, 0.3) is 11.1 Å². The van der Waals surface area contributed by atoms with E-state index in [-0.39, 0.29) is 0 Å². The third kappa shape index (κ3) is 7.25. The average Bonchev–Trinajstić information content (AvgIpc) is 3.08. The highest BCUT2D eigenvalue weighted by Crippen LogP contribution is 2.39. The van der Waals surface area contributed by atoms with Gasteiger partial charge in [0.15, 0.2) is 0 Å². The van der Waals surface area contributed by atoms with Gasteiger partial charge in [-0.05, 0) is 130 Å². The van der Waals surface area contributed by atoms with Crippen LogP contribution in [0, 0.1) is 20.8 Å². The van der Waals surface area contributed by atoms with Crippen LogP contribution in [0.5, 0.6) is 0 Å². The summed E-state index contributed by atoms with van der Waals surface area (Å²) in [6.45, 7) is 13.7. The molecule has 0 heterocycles. The van der Waals surface area contributed by atoms with Crippen molar-refractivity contribution in [3.8, 4) is 11.1 Å².